The molecule has 1 aromatic rings. The average Bonchev–Trinajstić information content (AvgIpc) is 2.93. The summed E-state index contributed by atoms with van der Waals surface area (Å²) < 4.78 is 12.1. The van der Waals surface area contributed by atoms with E-state index in [4.69, 9.17) is 9.47 Å². The number of rotatable bonds is 2. The summed E-state index contributed by atoms with van der Waals surface area (Å²) >= 11 is 0. The molecule has 1 aliphatic carbocycles. The summed E-state index contributed by atoms with van der Waals surface area (Å²) in [6, 6.07) is 1.86. The molecule has 4 nitrogen and oxygen atoms in total. The van der Waals surface area contributed by atoms with Crippen LogP contribution in [0.5, 0.6) is 17.2 Å². The number of phenols is 1. The molecule has 0 amide bonds. The topological polar surface area (TPSA) is 55.8 Å². The van der Waals surface area contributed by atoms with Crippen molar-refractivity contribution in [2.45, 2.75) is 83.8 Å². The third-order valence-electron chi connectivity index (χ3n) is 4.87. The van der Waals surface area contributed by atoms with Gasteiger partial charge in [-0.3, -0.25) is 4.79 Å². The number of Topliss-reactive ketones (excluding diaryl/α,β-unsaturated/α-hetero) is 1. The zero-order valence-electron chi connectivity index (χ0n) is 15.4. The van der Waals surface area contributed by atoms with Crippen molar-refractivity contribution >= 4 is 5.78 Å². The highest BCUT2D eigenvalue weighted by Crippen LogP contribution is 2.50. The van der Waals surface area contributed by atoms with Crippen molar-refractivity contribution in [2.75, 3.05) is 0 Å². The number of ether oxygens (including phenoxy) is 2. The lowest BCUT2D eigenvalue weighted by Crippen LogP contribution is -2.36. The van der Waals surface area contributed by atoms with E-state index >= 15 is 0 Å². The van der Waals surface area contributed by atoms with Crippen LogP contribution < -0.4 is 9.47 Å². The van der Waals surface area contributed by atoms with Gasteiger partial charge in [-0.25, -0.2) is 0 Å². The van der Waals surface area contributed by atoms with E-state index in [0.717, 1.165) is 31.2 Å². The van der Waals surface area contributed by atoms with Gasteiger partial charge in [0.1, 0.15) is 5.60 Å². The third-order valence-corrected chi connectivity index (χ3v) is 4.87. The van der Waals surface area contributed by atoms with Gasteiger partial charge < -0.3 is 14.6 Å². The molecule has 0 unspecified atom stereocenters. The first-order valence-electron chi connectivity index (χ1n) is 8.88. The predicted molar refractivity (Wildman–Crippen MR) is 93.3 cm³/mol. The number of fused-ring (bicyclic) bond motifs is 1. The second-order valence-corrected chi connectivity index (χ2v) is 8.71. The predicted octanol–water partition coefficient (Wildman–Crippen LogP) is 4.75. The number of hydrogen-bond donors (Lipinski definition) is 1. The fraction of sp³-hybridized carbons (Fsp3) is 0.650. The van der Waals surface area contributed by atoms with Crippen molar-refractivity contribution in [1.82, 2.24) is 0 Å². The van der Waals surface area contributed by atoms with Crippen LogP contribution in [0, 0.1) is 0 Å². The fourth-order valence-corrected chi connectivity index (χ4v) is 3.59. The Bertz CT molecular complexity index is 661. The molecule has 1 aromatic carbocycles. The highest BCUT2D eigenvalue weighted by molar-refractivity contribution is 6.02. The van der Waals surface area contributed by atoms with Gasteiger partial charge in [0.2, 0.25) is 5.75 Å². The molecule has 24 heavy (non-hydrogen) atoms. The van der Waals surface area contributed by atoms with Crippen LogP contribution in [-0.2, 0) is 5.41 Å². The van der Waals surface area contributed by atoms with E-state index in [9.17, 15) is 9.90 Å². The number of aromatic hydroxyl groups is 1. The minimum atomic E-state index is -0.616. The molecular formula is C20H28O4. The number of ketones is 1. The maximum absolute atomic E-state index is 12.6. The Labute approximate surface area is 144 Å². The number of phenolic OH excluding ortho intramolecular Hbond substituents is 1. The second kappa shape index (κ2) is 5.68. The molecule has 0 aromatic heterocycles. The molecule has 3 rings (SSSR count). The molecule has 1 N–H and O–H groups in total. The standard InChI is InChI=1S/C20H28O4/c1-19(2,3)14-10-13-15(21)11-20(4,5)24-17(13)16(22)18(14)23-12-8-6-7-9-12/h10,12,22H,6-9,11H2,1-5H3. The number of carbonyl (C=O) groups is 1. The third kappa shape index (κ3) is 3.11. The molecule has 0 bridgehead atoms. The van der Waals surface area contributed by atoms with E-state index < -0.39 is 5.60 Å². The Kier molecular flexibility index (Phi) is 4.05. The van der Waals surface area contributed by atoms with Gasteiger partial charge >= 0.3 is 0 Å². The van der Waals surface area contributed by atoms with Crippen LogP contribution >= 0.6 is 0 Å². The van der Waals surface area contributed by atoms with Crippen molar-refractivity contribution in [3.05, 3.63) is 17.2 Å². The van der Waals surface area contributed by atoms with Gasteiger partial charge in [-0.15, -0.1) is 0 Å². The summed E-state index contributed by atoms with van der Waals surface area (Å²) in [5.74, 6) is 0.746. The smallest absolute Gasteiger partial charge is 0.201 e. The summed E-state index contributed by atoms with van der Waals surface area (Å²) in [5.41, 5.74) is 0.473. The largest absolute Gasteiger partial charge is 0.502 e. The van der Waals surface area contributed by atoms with E-state index in [1.54, 1.807) is 0 Å². The highest BCUT2D eigenvalue weighted by atomic mass is 16.5. The van der Waals surface area contributed by atoms with Crippen LogP contribution in [0.3, 0.4) is 0 Å². The molecule has 1 aliphatic heterocycles. The summed E-state index contributed by atoms with van der Waals surface area (Å²) in [4.78, 5) is 12.6. The van der Waals surface area contributed by atoms with E-state index in [2.05, 4.69) is 20.8 Å². The summed E-state index contributed by atoms with van der Waals surface area (Å²) in [6.45, 7) is 9.92. The number of hydrogen-bond acceptors (Lipinski definition) is 4. The lowest BCUT2D eigenvalue weighted by atomic mass is 9.82. The average molecular weight is 332 g/mol. The Morgan fingerprint density at radius 3 is 2.46 bits per heavy atom. The van der Waals surface area contributed by atoms with Crippen molar-refractivity contribution < 1.29 is 19.4 Å². The summed E-state index contributed by atoms with van der Waals surface area (Å²) in [5, 5.41) is 10.9. The summed E-state index contributed by atoms with van der Waals surface area (Å²) in [6.07, 6.45) is 4.76. The van der Waals surface area contributed by atoms with Gasteiger partial charge in [0, 0.05) is 5.56 Å². The van der Waals surface area contributed by atoms with Gasteiger partial charge in [-0.2, -0.15) is 0 Å². The van der Waals surface area contributed by atoms with Crippen molar-refractivity contribution in [2.24, 2.45) is 0 Å². The van der Waals surface area contributed by atoms with Crippen molar-refractivity contribution in [1.29, 1.82) is 0 Å². The quantitative estimate of drug-likeness (QED) is 0.848. The molecule has 132 valence electrons. The molecule has 0 saturated heterocycles. The van der Waals surface area contributed by atoms with Crippen LogP contribution in [0.2, 0.25) is 0 Å². The van der Waals surface area contributed by atoms with E-state index in [0.29, 0.717) is 17.7 Å². The van der Waals surface area contributed by atoms with Gasteiger partial charge in [-0.1, -0.05) is 20.8 Å². The van der Waals surface area contributed by atoms with Crippen LogP contribution in [0.25, 0.3) is 0 Å². The molecule has 0 atom stereocenters. The van der Waals surface area contributed by atoms with Crippen molar-refractivity contribution in [3.8, 4) is 17.2 Å². The molecule has 1 fully saturated rings. The maximum Gasteiger partial charge on any atom is 0.201 e. The summed E-state index contributed by atoms with van der Waals surface area (Å²) in [7, 11) is 0. The van der Waals surface area contributed by atoms with Gasteiger partial charge in [0.05, 0.1) is 18.1 Å². The lowest BCUT2D eigenvalue weighted by molar-refractivity contribution is 0.0594. The minimum Gasteiger partial charge on any atom is -0.502 e. The highest BCUT2D eigenvalue weighted by Gasteiger charge is 2.38. The van der Waals surface area contributed by atoms with E-state index in [1.165, 1.54) is 0 Å². The van der Waals surface area contributed by atoms with Gasteiger partial charge in [-0.05, 0) is 51.0 Å². The zero-order valence-corrected chi connectivity index (χ0v) is 15.4. The van der Waals surface area contributed by atoms with Gasteiger partial charge in [0.25, 0.3) is 0 Å². The van der Waals surface area contributed by atoms with Gasteiger partial charge in [0.15, 0.2) is 17.3 Å². The lowest BCUT2D eigenvalue weighted by Gasteiger charge is -2.34. The second-order valence-electron chi connectivity index (χ2n) is 8.71. The minimum absolute atomic E-state index is 0.00877. The van der Waals surface area contributed by atoms with Crippen molar-refractivity contribution in [3.63, 3.8) is 0 Å². The molecule has 1 saturated carbocycles. The molecule has 2 aliphatic rings. The maximum atomic E-state index is 12.6. The van der Waals surface area contributed by atoms with Crippen LogP contribution in [0.15, 0.2) is 6.07 Å². The van der Waals surface area contributed by atoms with E-state index in [-0.39, 0.29) is 28.8 Å². The monoisotopic (exact) mass is 332 g/mol. The Hall–Kier alpha value is -1.71. The molecule has 4 heteroatoms. The number of carbonyl (C=O) groups excluding carboxylic acids is 1. The SMILES string of the molecule is CC1(C)CC(=O)c2cc(C(C)(C)C)c(OC3CCCC3)c(O)c2O1. The zero-order chi connectivity index (χ0) is 17.7. The Morgan fingerprint density at radius 1 is 1.25 bits per heavy atom. The first-order valence-corrected chi connectivity index (χ1v) is 8.88. The fourth-order valence-electron chi connectivity index (χ4n) is 3.59. The first-order chi connectivity index (χ1) is 11.1. The first kappa shape index (κ1) is 17.1. The Balaban J connectivity index is 2.14. The molecular weight excluding hydrogens is 304 g/mol. The van der Waals surface area contributed by atoms with Crippen LogP contribution in [0.1, 0.15) is 82.6 Å². The molecule has 1 heterocycles. The molecule has 0 spiro atoms. The normalized spacial score (nSPS) is 20.6. The van der Waals surface area contributed by atoms with E-state index in [1.807, 2.05) is 19.9 Å². The Morgan fingerprint density at radius 2 is 1.88 bits per heavy atom. The van der Waals surface area contributed by atoms with Crippen LogP contribution in [-0.4, -0.2) is 22.6 Å². The molecule has 0 radical (unpaired) electrons. The van der Waals surface area contributed by atoms with Crippen LogP contribution in [0.4, 0.5) is 0 Å². The number of benzene rings is 1.